The molecule has 0 saturated heterocycles. The summed E-state index contributed by atoms with van der Waals surface area (Å²) >= 11 is 1.34. The molecule has 168 valence electrons. The van der Waals surface area contributed by atoms with Gasteiger partial charge in [-0.15, -0.1) is 21.5 Å². The summed E-state index contributed by atoms with van der Waals surface area (Å²) in [6.07, 6.45) is 1.55. The highest BCUT2D eigenvalue weighted by Gasteiger charge is 2.22. The SMILES string of the molecule is Cn1c(=O)c2sccc2n2c(COC(=O)c3cc(-c4ccco4)nn3-c3ccccc3)nnc12. The van der Waals surface area contributed by atoms with Gasteiger partial charge >= 0.3 is 5.97 Å². The van der Waals surface area contributed by atoms with Crippen LogP contribution in [0.25, 0.3) is 33.1 Å². The number of aromatic nitrogens is 6. The summed E-state index contributed by atoms with van der Waals surface area (Å²) in [5.41, 5.74) is 1.97. The maximum absolute atomic E-state index is 13.2. The van der Waals surface area contributed by atoms with E-state index in [9.17, 15) is 9.59 Å². The molecule has 0 fully saturated rings. The molecule has 1 aromatic carbocycles. The van der Waals surface area contributed by atoms with Crippen LogP contribution in [0.3, 0.4) is 0 Å². The van der Waals surface area contributed by atoms with Crippen molar-refractivity contribution in [3.8, 4) is 17.1 Å². The molecule has 5 heterocycles. The molecule has 0 N–H and O–H groups in total. The molecule has 0 aliphatic heterocycles. The number of carbonyl (C=O) groups excluding carboxylic acids is 1. The number of thiophene rings is 1. The fourth-order valence-corrected chi connectivity index (χ4v) is 4.64. The Kier molecular flexibility index (Phi) is 4.62. The van der Waals surface area contributed by atoms with Crippen molar-refractivity contribution in [3.05, 3.63) is 88.1 Å². The van der Waals surface area contributed by atoms with Gasteiger partial charge in [-0.3, -0.25) is 13.8 Å². The Balaban J connectivity index is 1.37. The first-order chi connectivity index (χ1) is 16.6. The molecule has 34 heavy (non-hydrogen) atoms. The molecule has 11 heteroatoms. The number of ether oxygens (including phenoxy) is 1. The number of fused-ring (bicyclic) bond motifs is 3. The molecule has 0 saturated carbocycles. The first kappa shape index (κ1) is 20.1. The highest BCUT2D eigenvalue weighted by molar-refractivity contribution is 7.17. The van der Waals surface area contributed by atoms with Crippen LogP contribution in [-0.4, -0.2) is 34.9 Å². The number of rotatable bonds is 5. The van der Waals surface area contributed by atoms with Gasteiger partial charge in [-0.1, -0.05) is 18.2 Å². The lowest BCUT2D eigenvalue weighted by Crippen LogP contribution is -2.19. The van der Waals surface area contributed by atoms with Crippen molar-refractivity contribution in [1.29, 1.82) is 0 Å². The van der Waals surface area contributed by atoms with Gasteiger partial charge in [0.15, 0.2) is 23.9 Å². The lowest BCUT2D eigenvalue weighted by atomic mass is 10.3. The van der Waals surface area contributed by atoms with Crippen molar-refractivity contribution >= 4 is 33.3 Å². The molecule has 6 aromatic rings. The Morgan fingerprint density at radius 2 is 1.97 bits per heavy atom. The number of hydrogen-bond donors (Lipinski definition) is 0. The quantitative estimate of drug-likeness (QED) is 0.354. The Morgan fingerprint density at radius 3 is 2.76 bits per heavy atom. The third-order valence-corrected chi connectivity index (χ3v) is 6.31. The van der Waals surface area contributed by atoms with Crippen LogP contribution >= 0.6 is 11.3 Å². The summed E-state index contributed by atoms with van der Waals surface area (Å²) in [5, 5.41) is 14.7. The van der Waals surface area contributed by atoms with Gasteiger partial charge in [-0.2, -0.15) is 5.10 Å². The van der Waals surface area contributed by atoms with Gasteiger partial charge in [0.2, 0.25) is 5.78 Å². The number of hydrogen-bond acceptors (Lipinski definition) is 8. The maximum Gasteiger partial charge on any atom is 0.357 e. The van der Waals surface area contributed by atoms with Crippen LogP contribution in [0.15, 0.2) is 75.5 Å². The molecule has 10 nitrogen and oxygen atoms in total. The minimum absolute atomic E-state index is 0.140. The van der Waals surface area contributed by atoms with E-state index in [1.165, 1.54) is 20.6 Å². The highest BCUT2D eigenvalue weighted by Crippen LogP contribution is 2.24. The molecule has 5 aromatic heterocycles. The van der Waals surface area contributed by atoms with E-state index in [-0.39, 0.29) is 17.9 Å². The van der Waals surface area contributed by atoms with E-state index in [4.69, 9.17) is 9.15 Å². The van der Waals surface area contributed by atoms with Crippen molar-refractivity contribution in [2.75, 3.05) is 0 Å². The third kappa shape index (κ3) is 3.13. The van der Waals surface area contributed by atoms with Crippen LogP contribution in [0.2, 0.25) is 0 Å². The number of benzene rings is 1. The zero-order chi connectivity index (χ0) is 23.2. The van der Waals surface area contributed by atoms with Gasteiger partial charge in [-0.05, 0) is 35.7 Å². The third-order valence-electron chi connectivity index (χ3n) is 5.42. The van der Waals surface area contributed by atoms with E-state index in [0.717, 1.165) is 0 Å². The predicted molar refractivity (Wildman–Crippen MR) is 124 cm³/mol. The van der Waals surface area contributed by atoms with Crippen LogP contribution in [0.1, 0.15) is 16.3 Å². The fourth-order valence-electron chi connectivity index (χ4n) is 3.79. The predicted octanol–water partition coefficient (Wildman–Crippen LogP) is 3.45. The number of aryl methyl sites for hydroxylation is 1. The van der Waals surface area contributed by atoms with Gasteiger partial charge < -0.3 is 9.15 Å². The Bertz CT molecular complexity index is 1710. The Labute approximate surface area is 195 Å². The van der Waals surface area contributed by atoms with E-state index >= 15 is 0 Å². The van der Waals surface area contributed by atoms with E-state index in [1.54, 1.807) is 35.9 Å². The minimum Gasteiger partial charge on any atom is -0.463 e. The van der Waals surface area contributed by atoms with Gasteiger partial charge in [-0.25, -0.2) is 9.48 Å². The summed E-state index contributed by atoms with van der Waals surface area (Å²) in [4.78, 5) is 25.7. The van der Waals surface area contributed by atoms with E-state index in [1.807, 2.05) is 41.8 Å². The molecular weight excluding hydrogens is 456 g/mol. The van der Waals surface area contributed by atoms with E-state index in [2.05, 4.69) is 15.3 Å². The average molecular weight is 472 g/mol. The average Bonchev–Trinajstić information content (AvgIpc) is 3.66. The van der Waals surface area contributed by atoms with Crippen LogP contribution in [-0.2, 0) is 18.4 Å². The fraction of sp³-hybridized carbons (Fsp3) is 0.0870. The first-order valence-electron chi connectivity index (χ1n) is 10.3. The second-order valence-corrected chi connectivity index (χ2v) is 8.38. The van der Waals surface area contributed by atoms with Crippen molar-refractivity contribution in [2.24, 2.45) is 7.05 Å². The standard InChI is InChI=1S/C23H16N6O4S/c1-27-21(30)20-16(9-11-34-20)28-19(24-25-23(27)28)13-33-22(31)17-12-15(18-8-5-10-32-18)26-29(17)14-6-3-2-4-7-14/h2-12H,13H2,1H3. The Morgan fingerprint density at radius 1 is 1.12 bits per heavy atom. The second kappa shape index (κ2) is 7.81. The molecule has 0 unspecified atom stereocenters. The first-order valence-corrected chi connectivity index (χ1v) is 11.2. The monoisotopic (exact) mass is 472 g/mol. The van der Waals surface area contributed by atoms with E-state index in [0.29, 0.717) is 39.0 Å². The molecule has 6 rings (SSSR count). The highest BCUT2D eigenvalue weighted by atomic mass is 32.1. The number of furan rings is 1. The van der Waals surface area contributed by atoms with Crippen molar-refractivity contribution in [3.63, 3.8) is 0 Å². The molecule has 0 bridgehead atoms. The summed E-state index contributed by atoms with van der Waals surface area (Å²) in [6.45, 7) is -0.140. The summed E-state index contributed by atoms with van der Waals surface area (Å²) in [7, 11) is 1.63. The van der Waals surface area contributed by atoms with Crippen LogP contribution < -0.4 is 5.56 Å². The molecule has 0 aliphatic carbocycles. The second-order valence-electron chi connectivity index (χ2n) is 7.47. The summed E-state index contributed by atoms with van der Waals surface area (Å²) in [6, 6.07) is 16.3. The molecular formula is C23H16N6O4S. The largest absolute Gasteiger partial charge is 0.463 e. The van der Waals surface area contributed by atoms with Crippen LogP contribution in [0.4, 0.5) is 0 Å². The lowest BCUT2D eigenvalue weighted by molar-refractivity contribution is 0.0450. The van der Waals surface area contributed by atoms with Crippen LogP contribution in [0, 0.1) is 0 Å². The normalized spacial score (nSPS) is 11.4. The molecule has 0 radical (unpaired) electrons. The van der Waals surface area contributed by atoms with Gasteiger partial charge in [0.05, 0.1) is 17.5 Å². The summed E-state index contributed by atoms with van der Waals surface area (Å²) < 4.78 is 16.3. The van der Waals surface area contributed by atoms with Gasteiger partial charge in [0.1, 0.15) is 10.4 Å². The van der Waals surface area contributed by atoms with Gasteiger partial charge in [0.25, 0.3) is 5.56 Å². The number of nitrogens with zero attached hydrogens (tertiary/aromatic N) is 6. The zero-order valence-corrected chi connectivity index (χ0v) is 18.6. The minimum atomic E-state index is -0.586. The smallest absolute Gasteiger partial charge is 0.357 e. The molecule has 0 atom stereocenters. The maximum atomic E-state index is 13.2. The molecule has 0 amide bonds. The van der Waals surface area contributed by atoms with Crippen molar-refractivity contribution in [2.45, 2.75) is 6.61 Å². The summed E-state index contributed by atoms with van der Waals surface area (Å²) in [5.74, 6) is 0.723. The topological polar surface area (TPSA) is 109 Å². The molecule has 0 spiro atoms. The lowest BCUT2D eigenvalue weighted by Gasteiger charge is -2.08. The van der Waals surface area contributed by atoms with Crippen LogP contribution in [0.5, 0.6) is 0 Å². The molecule has 0 aliphatic rings. The number of esters is 1. The van der Waals surface area contributed by atoms with Gasteiger partial charge in [0, 0.05) is 13.1 Å². The Hall–Kier alpha value is -4.51. The van der Waals surface area contributed by atoms with Crippen molar-refractivity contribution in [1.82, 2.24) is 28.9 Å². The van der Waals surface area contributed by atoms with Crippen molar-refractivity contribution < 1.29 is 13.9 Å². The zero-order valence-electron chi connectivity index (χ0n) is 17.8. The van der Waals surface area contributed by atoms with E-state index < -0.39 is 5.97 Å². The number of para-hydroxylation sites is 1. The number of carbonyl (C=O) groups is 1.